The molecule has 0 saturated carbocycles. The Morgan fingerprint density at radius 1 is 1.53 bits per heavy atom. The maximum Gasteiger partial charge on any atom is 0.573 e. The molecule has 8 heteroatoms. The standard InChI is InChI=1S/C9H8F3N3O2/c10-9(11,12)17-7-6(3-14)5(1-2-13)4-15-8(7)16/h4H,1,3,14H2,(H,15,16). The van der Waals surface area contributed by atoms with Crippen LogP contribution in [0.1, 0.15) is 11.1 Å². The fourth-order valence-corrected chi connectivity index (χ4v) is 1.28. The van der Waals surface area contributed by atoms with Crippen LogP contribution in [0, 0.1) is 11.3 Å². The molecule has 0 amide bonds. The van der Waals surface area contributed by atoms with Crippen LogP contribution in [0.15, 0.2) is 11.0 Å². The molecule has 0 aliphatic rings. The number of hydrogen-bond acceptors (Lipinski definition) is 4. The summed E-state index contributed by atoms with van der Waals surface area (Å²) in [6.45, 7) is -0.327. The van der Waals surface area contributed by atoms with Crippen molar-refractivity contribution in [2.75, 3.05) is 0 Å². The first-order valence-electron chi connectivity index (χ1n) is 4.45. The van der Waals surface area contributed by atoms with Gasteiger partial charge in [0.05, 0.1) is 12.5 Å². The molecule has 0 saturated heterocycles. The summed E-state index contributed by atoms with van der Waals surface area (Å²) in [5, 5.41) is 8.49. The highest BCUT2D eigenvalue weighted by molar-refractivity contribution is 5.38. The van der Waals surface area contributed by atoms with Crippen LogP contribution in [0.3, 0.4) is 0 Å². The maximum absolute atomic E-state index is 12.1. The number of ether oxygens (including phenoxy) is 1. The highest BCUT2D eigenvalue weighted by atomic mass is 19.4. The van der Waals surface area contributed by atoms with Gasteiger partial charge in [-0.25, -0.2) is 0 Å². The average Bonchev–Trinajstić information content (AvgIpc) is 2.22. The van der Waals surface area contributed by atoms with Gasteiger partial charge in [-0.2, -0.15) is 5.26 Å². The van der Waals surface area contributed by atoms with E-state index in [1.807, 2.05) is 0 Å². The van der Waals surface area contributed by atoms with Crippen molar-refractivity contribution in [2.24, 2.45) is 5.73 Å². The van der Waals surface area contributed by atoms with E-state index in [2.05, 4.69) is 9.72 Å². The normalized spacial score (nSPS) is 11.0. The fourth-order valence-electron chi connectivity index (χ4n) is 1.28. The zero-order chi connectivity index (χ0) is 13.1. The van der Waals surface area contributed by atoms with Crippen molar-refractivity contribution in [1.29, 1.82) is 5.26 Å². The van der Waals surface area contributed by atoms with E-state index in [4.69, 9.17) is 11.0 Å². The van der Waals surface area contributed by atoms with Crippen LogP contribution in [-0.2, 0) is 13.0 Å². The summed E-state index contributed by atoms with van der Waals surface area (Å²) in [4.78, 5) is 13.3. The van der Waals surface area contributed by atoms with Crippen LogP contribution in [0.2, 0.25) is 0 Å². The Kier molecular flexibility index (Phi) is 3.75. The van der Waals surface area contributed by atoms with Crippen LogP contribution < -0.4 is 16.0 Å². The number of nitrogens with one attached hydrogen (secondary N) is 1. The Labute approximate surface area is 93.6 Å². The van der Waals surface area contributed by atoms with E-state index < -0.39 is 17.7 Å². The molecule has 0 aromatic carbocycles. The molecule has 1 heterocycles. The van der Waals surface area contributed by atoms with E-state index in [0.717, 1.165) is 6.20 Å². The molecule has 1 aromatic heterocycles. The number of nitrogens with zero attached hydrogens (tertiary/aromatic N) is 1. The van der Waals surface area contributed by atoms with Crippen LogP contribution in [0.4, 0.5) is 13.2 Å². The first-order valence-corrected chi connectivity index (χ1v) is 4.45. The van der Waals surface area contributed by atoms with E-state index in [9.17, 15) is 18.0 Å². The van der Waals surface area contributed by atoms with Crippen LogP contribution in [-0.4, -0.2) is 11.3 Å². The zero-order valence-corrected chi connectivity index (χ0v) is 8.47. The number of rotatable bonds is 3. The van der Waals surface area contributed by atoms with Crippen molar-refractivity contribution >= 4 is 0 Å². The lowest BCUT2D eigenvalue weighted by molar-refractivity contribution is -0.275. The van der Waals surface area contributed by atoms with Crippen LogP contribution >= 0.6 is 0 Å². The molecule has 1 aromatic rings. The number of nitriles is 1. The monoisotopic (exact) mass is 247 g/mol. The average molecular weight is 247 g/mol. The summed E-state index contributed by atoms with van der Waals surface area (Å²) < 4.78 is 39.8. The predicted octanol–water partition coefficient (Wildman–Crippen LogP) is 0.798. The molecule has 0 aliphatic carbocycles. The van der Waals surface area contributed by atoms with Crippen molar-refractivity contribution < 1.29 is 17.9 Å². The highest BCUT2D eigenvalue weighted by Crippen LogP contribution is 2.24. The van der Waals surface area contributed by atoms with Gasteiger partial charge in [0.1, 0.15) is 0 Å². The van der Waals surface area contributed by atoms with E-state index >= 15 is 0 Å². The number of hydrogen-bond donors (Lipinski definition) is 2. The summed E-state index contributed by atoms with van der Waals surface area (Å²) in [6.07, 6.45) is -4.00. The molecule has 0 radical (unpaired) electrons. The second kappa shape index (κ2) is 4.88. The Bertz CT molecular complexity index is 502. The second-order valence-electron chi connectivity index (χ2n) is 3.04. The van der Waals surface area contributed by atoms with Crippen molar-refractivity contribution in [3.05, 3.63) is 27.7 Å². The van der Waals surface area contributed by atoms with Gasteiger partial charge in [0.15, 0.2) is 5.75 Å². The molecule has 5 nitrogen and oxygen atoms in total. The molecule has 0 spiro atoms. The quantitative estimate of drug-likeness (QED) is 0.826. The highest BCUT2D eigenvalue weighted by Gasteiger charge is 2.33. The van der Waals surface area contributed by atoms with Gasteiger partial charge in [-0.05, 0) is 5.56 Å². The Balaban J connectivity index is 3.31. The van der Waals surface area contributed by atoms with Crippen LogP contribution in [0.5, 0.6) is 5.75 Å². The van der Waals surface area contributed by atoms with Crippen molar-refractivity contribution in [3.8, 4) is 11.8 Å². The fraction of sp³-hybridized carbons (Fsp3) is 0.333. The first kappa shape index (κ1) is 13.1. The zero-order valence-electron chi connectivity index (χ0n) is 8.47. The summed E-state index contributed by atoms with van der Waals surface area (Å²) >= 11 is 0. The van der Waals surface area contributed by atoms with Crippen molar-refractivity contribution in [3.63, 3.8) is 0 Å². The minimum Gasteiger partial charge on any atom is -0.400 e. The molecular formula is C9H8F3N3O2. The lowest BCUT2D eigenvalue weighted by Crippen LogP contribution is -2.25. The Morgan fingerprint density at radius 3 is 2.65 bits per heavy atom. The Hall–Kier alpha value is -2.01. The van der Waals surface area contributed by atoms with Gasteiger partial charge < -0.3 is 15.5 Å². The van der Waals surface area contributed by atoms with E-state index in [-0.39, 0.29) is 24.1 Å². The minimum atomic E-state index is -4.98. The summed E-state index contributed by atoms with van der Waals surface area (Å²) in [5.41, 5.74) is 4.31. The van der Waals surface area contributed by atoms with Gasteiger partial charge in [0, 0.05) is 18.3 Å². The van der Waals surface area contributed by atoms with E-state index in [1.54, 1.807) is 6.07 Å². The van der Waals surface area contributed by atoms with Crippen LogP contribution in [0.25, 0.3) is 0 Å². The van der Waals surface area contributed by atoms with Gasteiger partial charge in [0.2, 0.25) is 0 Å². The number of aromatic nitrogens is 1. The number of pyridine rings is 1. The topological polar surface area (TPSA) is 91.9 Å². The predicted molar refractivity (Wildman–Crippen MR) is 51.0 cm³/mol. The molecule has 1 rings (SSSR count). The van der Waals surface area contributed by atoms with Gasteiger partial charge in [0.25, 0.3) is 5.56 Å². The molecular weight excluding hydrogens is 239 g/mol. The third kappa shape index (κ3) is 3.22. The third-order valence-corrected chi connectivity index (χ3v) is 1.94. The molecule has 92 valence electrons. The van der Waals surface area contributed by atoms with Gasteiger partial charge in [-0.15, -0.1) is 13.2 Å². The minimum absolute atomic E-state index is 0.118. The molecule has 0 fully saturated rings. The number of H-pyrrole nitrogens is 1. The lowest BCUT2D eigenvalue weighted by atomic mass is 10.1. The molecule has 3 N–H and O–H groups in total. The summed E-state index contributed by atoms with van der Waals surface area (Å²) in [7, 11) is 0. The molecule has 0 unspecified atom stereocenters. The van der Waals surface area contributed by atoms with E-state index in [1.165, 1.54) is 0 Å². The number of alkyl halides is 3. The smallest absolute Gasteiger partial charge is 0.400 e. The molecule has 0 atom stereocenters. The first-order chi connectivity index (χ1) is 7.89. The van der Waals surface area contributed by atoms with E-state index in [0.29, 0.717) is 0 Å². The largest absolute Gasteiger partial charge is 0.573 e. The van der Waals surface area contributed by atoms with Gasteiger partial charge in [-0.1, -0.05) is 0 Å². The maximum atomic E-state index is 12.1. The van der Waals surface area contributed by atoms with Gasteiger partial charge in [-0.3, -0.25) is 4.79 Å². The SMILES string of the molecule is N#CCc1c[nH]c(=O)c(OC(F)(F)F)c1CN. The third-order valence-electron chi connectivity index (χ3n) is 1.94. The second-order valence-corrected chi connectivity index (χ2v) is 3.04. The number of aromatic amines is 1. The molecule has 0 aliphatic heterocycles. The van der Waals surface area contributed by atoms with Gasteiger partial charge >= 0.3 is 6.36 Å². The van der Waals surface area contributed by atoms with Crippen molar-refractivity contribution in [1.82, 2.24) is 4.98 Å². The summed E-state index contributed by atoms with van der Waals surface area (Å²) in [5.74, 6) is -0.909. The molecule has 17 heavy (non-hydrogen) atoms. The number of halogens is 3. The summed E-state index contributed by atoms with van der Waals surface area (Å²) in [6, 6.07) is 1.75. The molecule has 0 bridgehead atoms. The van der Waals surface area contributed by atoms with Crippen molar-refractivity contribution in [2.45, 2.75) is 19.3 Å². The lowest BCUT2D eigenvalue weighted by Gasteiger charge is -2.13. The number of nitrogens with two attached hydrogens (primary N) is 1. The Morgan fingerprint density at radius 2 is 2.18 bits per heavy atom.